The second-order valence-electron chi connectivity index (χ2n) is 6.02. The van der Waals surface area contributed by atoms with E-state index in [-0.39, 0.29) is 18.3 Å². The fourth-order valence-corrected chi connectivity index (χ4v) is 2.66. The molecule has 0 aliphatic carbocycles. The van der Waals surface area contributed by atoms with Gasteiger partial charge < -0.3 is 19.5 Å². The molecule has 0 radical (unpaired) electrons. The molecular formula is C21H25NO5. The molecular weight excluding hydrogens is 346 g/mol. The van der Waals surface area contributed by atoms with Crippen LogP contribution in [0.1, 0.15) is 40.9 Å². The van der Waals surface area contributed by atoms with Crippen molar-refractivity contribution < 1.29 is 23.8 Å². The molecule has 6 nitrogen and oxygen atoms in total. The van der Waals surface area contributed by atoms with E-state index < -0.39 is 6.04 Å². The predicted octanol–water partition coefficient (Wildman–Crippen LogP) is 3.44. The van der Waals surface area contributed by atoms with Gasteiger partial charge in [0.15, 0.2) is 11.5 Å². The van der Waals surface area contributed by atoms with E-state index in [1.54, 1.807) is 25.1 Å². The molecule has 0 bridgehead atoms. The molecule has 0 aromatic heterocycles. The van der Waals surface area contributed by atoms with Crippen molar-refractivity contribution in [1.82, 2.24) is 5.32 Å². The molecule has 144 valence electrons. The molecule has 0 saturated carbocycles. The Morgan fingerprint density at radius 1 is 1.00 bits per heavy atom. The average Bonchev–Trinajstić information content (AvgIpc) is 2.67. The summed E-state index contributed by atoms with van der Waals surface area (Å²) in [4.78, 5) is 24.7. The van der Waals surface area contributed by atoms with Gasteiger partial charge in [-0.15, -0.1) is 0 Å². The Kier molecular flexibility index (Phi) is 7.23. The summed E-state index contributed by atoms with van der Waals surface area (Å²) >= 11 is 0. The SMILES string of the molecule is CCOC(=O)CC(NC(=O)c1ccc(OC)c(OC)c1)c1ccc(C)cc1. The van der Waals surface area contributed by atoms with E-state index in [1.165, 1.54) is 14.2 Å². The normalized spacial score (nSPS) is 11.4. The van der Waals surface area contributed by atoms with Crippen LogP contribution in [-0.2, 0) is 9.53 Å². The summed E-state index contributed by atoms with van der Waals surface area (Å²) < 4.78 is 15.5. The third kappa shape index (κ3) is 5.48. The summed E-state index contributed by atoms with van der Waals surface area (Å²) in [7, 11) is 3.04. The van der Waals surface area contributed by atoms with Gasteiger partial charge in [-0.3, -0.25) is 9.59 Å². The Bertz CT molecular complexity index is 786. The molecule has 1 unspecified atom stereocenters. The number of esters is 1. The van der Waals surface area contributed by atoms with Gasteiger partial charge in [0.1, 0.15) is 0 Å². The zero-order chi connectivity index (χ0) is 19.8. The fourth-order valence-electron chi connectivity index (χ4n) is 2.66. The van der Waals surface area contributed by atoms with Gasteiger partial charge >= 0.3 is 5.97 Å². The largest absolute Gasteiger partial charge is 0.493 e. The summed E-state index contributed by atoms with van der Waals surface area (Å²) in [6.07, 6.45) is 0.0515. The van der Waals surface area contributed by atoms with Crippen molar-refractivity contribution >= 4 is 11.9 Å². The molecule has 0 fully saturated rings. The van der Waals surface area contributed by atoms with Crippen LogP contribution < -0.4 is 14.8 Å². The molecule has 2 aromatic carbocycles. The first-order valence-corrected chi connectivity index (χ1v) is 8.73. The molecule has 1 atom stereocenters. The number of ether oxygens (including phenoxy) is 3. The molecule has 6 heteroatoms. The number of carbonyl (C=O) groups excluding carboxylic acids is 2. The number of rotatable bonds is 8. The topological polar surface area (TPSA) is 73.9 Å². The molecule has 0 spiro atoms. The Balaban J connectivity index is 2.24. The maximum Gasteiger partial charge on any atom is 0.308 e. The molecule has 27 heavy (non-hydrogen) atoms. The summed E-state index contributed by atoms with van der Waals surface area (Å²) in [5, 5.41) is 2.91. The Labute approximate surface area is 159 Å². The van der Waals surface area contributed by atoms with E-state index >= 15 is 0 Å². The van der Waals surface area contributed by atoms with Gasteiger partial charge in [0, 0.05) is 5.56 Å². The third-order valence-corrected chi connectivity index (χ3v) is 4.11. The van der Waals surface area contributed by atoms with Crippen LogP contribution in [0.2, 0.25) is 0 Å². The number of methoxy groups -OCH3 is 2. The quantitative estimate of drug-likeness (QED) is 0.720. The minimum atomic E-state index is -0.495. The monoisotopic (exact) mass is 371 g/mol. The van der Waals surface area contributed by atoms with Gasteiger partial charge in [-0.1, -0.05) is 29.8 Å². The van der Waals surface area contributed by atoms with Crippen molar-refractivity contribution in [2.24, 2.45) is 0 Å². The fraction of sp³-hybridized carbons (Fsp3) is 0.333. The van der Waals surface area contributed by atoms with E-state index in [0.29, 0.717) is 23.7 Å². The minimum absolute atomic E-state index is 0.0515. The van der Waals surface area contributed by atoms with Crippen LogP contribution in [-0.4, -0.2) is 32.7 Å². The Morgan fingerprint density at radius 3 is 2.26 bits per heavy atom. The number of hydrogen-bond donors (Lipinski definition) is 1. The zero-order valence-corrected chi connectivity index (χ0v) is 16.1. The number of nitrogens with one attached hydrogen (secondary N) is 1. The van der Waals surface area contributed by atoms with Gasteiger partial charge in [0.05, 0.1) is 33.3 Å². The highest BCUT2D eigenvalue weighted by molar-refractivity contribution is 5.95. The van der Waals surface area contributed by atoms with Gasteiger partial charge in [0.2, 0.25) is 0 Å². The molecule has 2 rings (SSSR count). The summed E-state index contributed by atoms with van der Waals surface area (Å²) in [5.74, 6) is 0.319. The number of amides is 1. The maximum atomic E-state index is 12.7. The zero-order valence-electron chi connectivity index (χ0n) is 16.1. The van der Waals surface area contributed by atoms with Crippen molar-refractivity contribution in [3.8, 4) is 11.5 Å². The highest BCUT2D eigenvalue weighted by Gasteiger charge is 2.21. The number of benzene rings is 2. The van der Waals surface area contributed by atoms with Crippen LogP contribution >= 0.6 is 0 Å². The summed E-state index contributed by atoms with van der Waals surface area (Å²) in [5.41, 5.74) is 2.34. The minimum Gasteiger partial charge on any atom is -0.493 e. The number of hydrogen-bond acceptors (Lipinski definition) is 5. The van der Waals surface area contributed by atoms with Crippen molar-refractivity contribution in [2.45, 2.75) is 26.3 Å². The molecule has 0 saturated heterocycles. The lowest BCUT2D eigenvalue weighted by atomic mass is 10.0. The highest BCUT2D eigenvalue weighted by Crippen LogP contribution is 2.28. The highest BCUT2D eigenvalue weighted by atomic mass is 16.5. The van der Waals surface area contributed by atoms with E-state index in [4.69, 9.17) is 14.2 Å². The molecule has 2 aromatic rings. The average molecular weight is 371 g/mol. The van der Waals surface area contributed by atoms with Crippen molar-refractivity contribution in [3.05, 3.63) is 59.2 Å². The molecule has 0 aliphatic heterocycles. The van der Waals surface area contributed by atoms with Crippen LogP contribution in [0.5, 0.6) is 11.5 Å². The first-order valence-electron chi connectivity index (χ1n) is 8.73. The van der Waals surface area contributed by atoms with Crippen LogP contribution in [0.3, 0.4) is 0 Å². The van der Waals surface area contributed by atoms with Gasteiger partial charge in [0.25, 0.3) is 5.91 Å². The van der Waals surface area contributed by atoms with E-state index in [9.17, 15) is 9.59 Å². The first-order chi connectivity index (χ1) is 13.0. The van der Waals surface area contributed by atoms with Crippen molar-refractivity contribution in [3.63, 3.8) is 0 Å². The van der Waals surface area contributed by atoms with Gasteiger partial charge in [-0.25, -0.2) is 0 Å². The second-order valence-corrected chi connectivity index (χ2v) is 6.02. The summed E-state index contributed by atoms with van der Waals surface area (Å²) in [6, 6.07) is 12.1. The molecule has 0 aliphatic rings. The van der Waals surface area contributed by atoms with Crippen molar-refractivity contribution in [2.75, 3.05) is 20.8 Å². The van der Waals surface area contributed by atoms with E-state index in [0.717, 1.165) is 11.1 Å². The smallest absolute Gasteiger partial charge is 0.308 e. The Hall–Kier alpha value is -3.02. The van der Waals surface area contributed by atoms with Crippen LogP contribution in [0, 0.1) is 6.92 Å². The number of carbonyl (C=O) groups is 2. The lowest BCUT2D eigenvalue weighted by molar-refractivity contribution is -0.143. The van der Waals surface area contributed by atoms with E-state index in [2.05, 4.69) is 5.32 Å². The lowest BCUT2D eigenvalue weighted by Gasteiger charge is -2.19. The standard InChI is InChI=1S/C21H25NO5/c1-5-27-20(23)13-17(15-8-6-14(2)7-9-15)22-21(24)16-10-11-18(25-3)19(12-16)26-4/h6-12,17H,5,13H2,1-4H3,(H,22,24). The Morgan fingerprint density at radius 2 is 1.67 bits per heavy atom. The molecule has 1 amide bonds. The summed E-state index contributed by atoms with van der Waals surface area (Å²) in [6.45, 7) is 4.02. The lowest BCUT2D eigenvalue weighted by Crippen LogP contribution is -2.30. The molecule has 1 N–H and O–H groups in total. The third-order valence-electron chi connectivity index (χ3n) is 4.11. The number of aryl methyl sites for hydroxylation is 1. The van der Waals surface area contributed by atoms with Gasteiger partial charge in [-0.05, 0) is 37.6 Å². The van der Waals surface area contributed by atoms with Gasteiger partial charge in [-0.2, -0.15) is 0 Å². The maximum absolute atomic E-state index is 12.7. The van der Waals surface area contributed by atoms with E-state index in [1.807, 2.05) is 31.2 Å². The predicted molar refractivity (Wildman–Crippen MR) is 102 cm³/mol. The van der Waals surface area contributed by atoms with Crippen molar-refractivity contribution in [1.29, 1.82) is 0 Å². The van der Waals surface area contributed by atoms with Crippen LogP contribution in [0.15, 0.2) is 42.5 Å². The van der Waals surface area contributed by atoms with Crippen LogP contribution in [0.25, 0.3) is 0 Å². The van der Waals surface area contributed by atoms with Crippen LogP contribution in [0.4, 0.5) is 0 Å². The first kappa shape index (κ1) is 20.3. The second kappa shape index (κ2) is 9.62. The molecule has 0 heterocycles.